The quantitative estimate of drug-likeness (QED) is 0.843. The third-order valence-corrected chi connectivity index (χ3v) is 3.28. The van der Waals surface area contributed by atoms with Gasteiger partial charge in [-0.15, -0.1) is 0 Å². The average molecular weight is 274 g/mol. The summed E-state index contributed by atoms with van der Waals surface area (Å²) in [6.45, 7) is 4.13. The fraction of sp³-hybridized carbons (Fsp3) is 0.750. The minimum absolute atomic E-state index is 0.115. The number of morpholine rings is 1. The van der Waals surface area contributed by atoms with Crippen LogP contribution in [0, 0.1) is 0 Å². The summed E-state index contributed by atoms with van der Waals surface area (Å²) in [7, 11) is 0. The van der Waals surface area contributed by atoms with Gasteiger partial charge in [-0.25, -0.2) is 4.98 Å². The molecule has 0 aromatic carbocycles. The van der Waals surface area contributed by atoms with Gasteiger partial charge in [0.15, 0.2) is 0 Å². The van der Waals surface area contributed by atoms with E-state index in [1.54, 1.807) is 0 Å². The predicted octanol–water partition coefficient (Wildman–Crippen LogP) is 1.09. The lowest BCUT2D eigenvalue weighted by Crippen LogP contribution is -2.46. The monoisotopic (exact) mass is 274 g/mol. The Bertz CT molecular complexity index is 386. The number of rotatable bonds is 6. The highest BCUT2D eigenvalue weighted by Gasteiger charge is 2.19. The van der Waals surface area contributed by atoms with Gasteiger partial charge in [-0.05, 0) is 6.54 Å². The second-order valence-electron chi connectivity index (χ2n) is 4.55. The largest absolute Gasteiger partial charge is 0.374 e. The highest BCUT2D eigenvalue weighted by atomic mass is 19.3. The molecule has 1 aliphatic heterocycles. The van der Waals surface area contributed by atoms with E-state index in [0.29, 0.717) is 18.9 Å². The summed E-state index contributed by atoms with van der Waals surface area (Å²) >= 11 is 0. The molecule has 1 atom stereocenters. The minimum atomic E-state index is -2.54. The van der Waals surface area contributed by atoms with E-state index in [2.05, 4.69) is 22.1 Å². The van der Waals surface area contributed by atoms with Crippen LogP contribution in [-0.2, 0) is 11.3 Å². The molecule has 7 heteroatoms. The van der Waals surface area contributed by atoms with E-state index in [-0.39, 0.29) is 6.10 Å². The molecule has 1 fully saturated rings. The summed E-state index contributed by atoms with van der Waals surface area (Å²) in [5.41, 5.74) is 0. The average Bonchev–Trinajstić information content (AvgIpc) is 2.87. The number of nitrogens with one attached hydrogen (secondary N) is 1. The zero-order chi connectivity index (χ0) is 13.7. The molecule has 1 aromatic rings. The minimum Gasteiger partial charge on any atom is -0.374 e. The van der Waals surface area contributed by atoms with Crippen molar-refractivity contribution < 1.29 is 13.5 Å². The summed E-state index contributed by atoms with van der Waals surface area (Å²) in [5.74, 6) is 0.346. The molecule has 108 valence electrons. The Hall–Kier alpha value is -1.05. The Morgan fingerprint density at radius 3 is 3.16 bits per heavy atom. The number of nitrogens with zero attached hydrogens (tertiary/aromatic N) is 3. The summed E-state index contributed by atoms with van der Waals surface area (Å²) in [6, 6.07) is 0. The summed E-state index contributed by atoms with van der Waals surface area (Å²) in [6.07, 6.45) is 2.79. The van der Waals surface area contributed by atoms with Crippen LogP contribution in [0.3, 0.4) is 0 Å². The standard InChI is InChI=1S/C12H20F2N4O/c1-2-17-5-6-19-10(9-17)7-15-8-11-16-3-4-18(11)12(13)14/h3-4,10,12,15H,2,5-9H2,1H3. The topological polar surface area (TPSA) is 42.3 Å². The van der Waals surface area contributed by atoms with Crippen molar-refractivity contribution in [1.29, 1.82) is 0 Å². The van der Waals surface area contributed by atoms with E-state index < -0.39 is 6.55 Å². The normalized spacial score (nSPS) is 21.2. The maximum atomic E-state index is 12.6. The van der Waals surface area contributed by atoms with Gasteiger partial charge in [-0.1, -0.05) is 6.92 Å². The summed E-state index contributed by atoms with van der Waals surface area (Å²) in [5, 5.41) is 3.13. The lowest BCUT2D eigenvalue weighted by Gasteiger charge is -2.32. The molecule has 5 nitrogen and oxygen atoms in total. The number of imidazole rings is 1. The number of alkyl halides is 2. The molecule has 0 aliphatic carbocycles. The number of hydrogen-bond donors (Lipinski definition) is 1. The molecule has 1 saturated heterocycles. The van der Waals surface area contributed by atoms with Crippen LogP contribution in [0.4, 0.5) is 8.78 Å². The third kappa shape index (κ3) is 3.95. The number of aromatic nitrogens is 2. The number of ether oxygens (including phenoxy) is 1. The van der Waals surface area contributed by atoms with Crippen LogP contribution in [0.1, 0.15) is 19.3 Å². The van der Waals surface area contributed by atoms with Gasteiger partial charge < -0.3 is 10.1 Å². The lowest BCUT2D eigenvalue weighted by atomic mass is 10.2. The zero-order valence-electron chi connectivity index (χ0n) is 11.1. The van der Waals surface area contributed by atoms with Gasteiger partial charge in [-0.3, -0.25) is 9.47 Å². The van der Waals surface area contributed by atoms with Crippen molar-refractivity contribution in [2.24, 2.45) is 0 Å². The Morgan fingerprint density at radius 2 is 2.42 bits per heavy atom. The third-order valence-electron chi connectivity index (χ3n) is 3.28. The van der Waals surface area contributed by atoms with Crippen molar-refractivity contribution in [2.45, 2.75) is 26.1 Å². The molecular weight excluding hydrogens is 254 g/mol. The molecule has 0 saturated carbocycles. The smallest absolute Gasteiger partial charge is 0.319 e. The summed E-state index contributed by atoms with van der Waals surface area (Å²) in [4.78, 5) is 6.24. The van der Waals surface area contributed by atoms with E-state index in [9.17, 15) is 8.78 Å². The van der Waals surface area contributed by atoms with E-state index in [1.807, 2.05) is 0 Å². The van der Waals surface area contributed by atoms with Crippen LogP contribution in [0.2, 0.25) is 0 Å². The zero-order valence-corrected chi connectivity index (χ0v) is 11.1. The van der Waals surface area contributed by atoms with Crippen molar-refractivity contribution in [3.05, 3.63) is 18.2 Å². The van der Waals surface area contributed by atoms with Gasteiger partial charge in [0.25, 0.3) is 0 Å². The lowest BCUT2D eigenvalue weighted by molar-refractivity contribution is -0.0255. The van der Waals surface area contributed by atoms with Gasteiger partial charge in [0.05, 0.1) is 19.3 Å². The molecule has 1 N–H and O–H groups in total. The SMILES string of the molecule is CCN1CCOC(CNCc2nccn2C(F)F)C1. The maximum Gasteiger partial charge on any atom is 0.319 e. The summed E-state index contributed by atoms with van der Waals surface area (Å²) < 4.78 is 31.7. The molecule has 2 rings (SSSR count). The molecule has 1 unspecified atom stereocenters. The van der Waals surface area contributed by atoms with E-state index in [4.69, 9.17) is 4.74 Å². The Morgan fingerprint density at radius 1 is 1.58 bits per heavy atom. The fourth-order valence-corrected chi connectivity index (χ4v) is 2.19. The number of likely N-dealkylation sites (N-methyl/N-ethyl adjacent to an activating group) is 1. The number of hydrogen-bond acceptors (Lipinski definition) is 4. The molecule has 19 heavy (non-hydrogen) atoms. The maximum absolute atomic E-state index is 12.6. The highest BCUT2D eigenvalue weighted by Crippen LogP contribution is 2.12. The van der Waals surface area contributed by atoms with Crippen molar-refractivity contribution in [3.8, 4) is 0 Å². The molecule has 2 heterocycles. The number of halogens is 2. The van der Waals surface area contributed by atoms with Crippen molar-refractivity contribution in [2.75, 3.05) is 32.8 Å². The molecule has 0 radical (unpaired) electrons. The van der Waals surface area contributed by atoms with Gasteiger partial charge in [-0.2, -0.15) is 8.78 Å². The first-order chi connectivity index (χ1) is 9.20. The van der Waals surface area contributed by atoms with Gasteiger partial charge in [0.2, 0.25) is 0 Å². The Balaban J connectivity index is 1.75. The molecule has 1 aliphatic rings. The highest BCUT2D eigenvalue weighted by molar-refractivity contribution is 4.92. The van der Waals surface area contributed by atoms with Crippen molar-refractivity contribution in [1.82, 2.24) is 19.8 Å². The van der Waals surface area contributed by atoms with Crippen LogP contribution >= 0.6 is 0 Å². The first-order valence-electron chi connectivity index (χ1n) is 6.55. The molecule has 0 amide bonds. The first kappa shape index (κ1) is 14.4. The molecule has 0 bridgehead atoms. The molecule has 0 spiro atoms. The van der Waals surface area contributed by atoms with Gasteiger partial charge >= 0.3 is 6.55 Å². The Labute approximate surface area is 111 Å². The van der Waals surface area contributed by atoms with E-state index in [1.165, 1.54) is 12.4 Å². The van der Waals surface area contributed by atoms with Gasteiger partial charge in [0.1, 0.15) is 5.82 Å². The van der Waals surface area contributed by atoms with E-state index >= 15 is 0 Å². The molecule has 1 aromatic heterocycles. The van der Waals surface area contributed by atoms with Crippen LogP contribution in [-0.4, -0.2) is 53.3 Å². The van der Waals surface area contributed by atoms with Gasteiger partial charge in [0, 0.05) is 32.0 Å². The predicted molar refractivity (Wildman–Crippen MR) is 67.0 cm³/mol. The molecular formula is C12H20F2N4O. The second-order valence-corrected chi connectivity index (χ2v) is 4.55. The van der Waals surface area contributed by atoms with Crippen molar-refractivity contribution in [3.63, 3.8) is 0 Å². The fourth-order valence-electron chi connectivity index (χ4n) is 2.19. The Kier molecular flexibility index (Phi) is 5.24. The van der Waals surface area contributed by atoms with E-state index in [0.717, 1.165) is 30.8 Å². The van der Waals surface area contributed by atoms with Crippen LogP contribution < -0.4 is 5.32 Å². The van der Waals surface area contributed by atoms with Crippen LogP contribution in [0.25, 0.3) is 0 Å². The van der Waals surface area contributed by atoms with Crippen molar-refractivity contribution >= 4 is 0 Å². The van der Waals surface area contributed by atoms with Crippen LogP contribution in [0.5, 0.6) is 0 Å². The second kappa shape index (κ2) is 6.93. The van der Waals surface area contributed by atoms with Crippen LogP contribution in [0.15, 0.2) is 12.4 Å². The first-order valence-corrected chi connectivity index (χ1v) is 6.55.